The summed E-state index contributed by atoms with van der Waals surface area (Å²) in [5.74, 6) is 0.0658. The summed E-state index contributed by atoms with van der Waals surface area (Å²) in [5, 5.41) is 5.97. The van der Waals surface area contributed by atoms with Crippen LogP contribution in [0.3, 0.4) is 0 Å². The Labute approximate surface area is 149 Å². The van der Waals surface area contributed by atoms with Gasteiger partial charge in [0.05, 0.1) is 0 Å². The first-order chi connectivity index (χ1) is 11.7. The van der Waals surface area contributed by atoms with E-state index in [0.29, 0.717) is 6.42 Å². The van der Waals surface area contributed by atoms with Crippen molar-refractivity contribution in [3.63, 3.8) is 0 Å². The van der Waals surface area contributed by atoms with Gasteiger partial charge in [-0.3, -0.25) is 4.79 Å². The topological polar surface area (TPSA) is 46.9 Å². The molecule has 0 bridgehead atoms. The van der Waals surface area contributed by atoms with Crippen LogP contribution in [0.4, 0.5) is 5.69 Å². The van der Waals surface area contributed by atoms with Crippen molar-refractivity contribution in [2.75, 3.05) is 5.32 Å². The summed E-state index contributed by atoms with van der Waals surface area (Å²) in [7, 11) is 1.97. The number of anilines is 1. The van der Waals surface area contributed by atoms with Gasteiger partial charge >= 0.3 is 0 Å². The lowest BCUT2D eigenvalue weighted by atomic mass is 10.2. The number of hydrogen-bond donors (Lipinski definition) is 1. The third-order valence-corrected chi connectivity index (χ3v) is 5.55. The van der Waals surface area contributed by atoms with Crippen LogP contribution in [0.1, 0.15) is 17.7 Å². The van der Waals surface area contributed by atoms with Crippen LogP contribution in [0.2, 0.25) is 0 Å². The Morgan fingerprint density at radius 1 is 1.29 bits per heavy atom. The Balaban J connectivity index is 1.46. The molecule has 0 fully saturated rings. The van der Waals surface area contributed by atoms with Gasteiger partial charge in [-0.15, -0.1) is 11.3 Å². The molecule has 1 aromatic carbocycles. The molecule has 0 aliphatic carbocycles. The Morgan fingerprint density at radius 3 is 2.79 bits per heavy atom. The van der Waals surface area contributed by atoms with Gasteiger partial charge in [-0.05, 0) is 48.6 Å². The minimum Gasteiger partial charge on any atom is -0.329 e. The smallest absolute Gasteiger partial charge is 0.224 e. The van der Waals surface area contributed by atoms with Gasteiger partial charge in [0, 0.05) is 41.3 Å². The first kappa shape index (κ1) is 16.8. The fourth-order valence-corrected chi connectivity index (χ4v) is 3.82. The molecule has 0 aliphatic heterocycles. The lowest BCUT2D eigenvalue weighted by Gasteiger charge is -2.06. The number of carbonyl (C=O) groups excluding carboxylic acids is 1. The maximum atomic E-state index is 12.0. The molecule has 4 nitrogen and oxygen atoms in total. The van der Waals surface area contributed by atoms with Gasteiger partial charge < -0.3 is 9.88 Å². The molecule has 3 aromatic rings. The minimum absolute atomic E-state index is 0.0658. The number of benzene rings is 1. The molecule has 0 aliphatic rings. The molecule has 0 saturated heterocycles. The van der Waals surface area contributed by atoms with Gasteiger partial charge in [0.15, 0.2) is 5.16 Å². The maximum absolute atomic E-state index is 12.0. The standard InChI is InChI=1S/C18H19N3OS2/c1-21-12-11-19-18(21)24-16-9-7-14(8-10-16)20-17(22)6-2-4-15-5-3-13-23-15/h3,5,7-13H,2,4,6H2,1H3,(H,20,22). The number of hydrogen-bond acceptors (Lipinski definition) is 4. The van der Waals surface area contributed by atoms with E-state index >= 15 is 0 Å². The predicted octanol–water partition coefficient (Wildman–Crippen LogP) is 4.59. The highest BCUT2D eigenvalue weighted by molar-refractivity contribution is 7.99. The van der Waals surface area contributed by atoms with Crippen LogP contribution in [-0.2, 0) is 18.3 Å². The van der Waals surface area contributed by atoms with Crippen LogP contribution in [0.5, 0.6) is 0 Å². The largest absolute Gasteiger partial charge is 0.329 e. The number of aromatic nitrogens is 2. The number of aryl methyl sites for hydroxylation is 2. The third kappa shape index (κ3) is 4.72. The number of carbonyl (C=O) groups is 1. The summed E-state index contributed by atoms with van der Waals surface area (Å²) in [6.45, 7) is 0. The summed E-state index contributed by atoms with van der Waals surface area (Å²) in [4.78, 5) is 18.7. The van der Waals surface area contributed by atoms with E-state index in [1.807, 2.05) is 48.1 Å². The van der Waals surface area contributed by atoms with Gasteiger partial charge in [-0.2, -0.15) is 0 Å². The molecule has 1 N–H and O–H groups in total. The second kappa shape index (κ2) is 8.17. The fraction of sp³-hybridized carbons (Fsp3) is 0.222. The van der Waals surface area contributed by atoms with E-state index in [2.05, 4.69) is 21.7 Å². The van der Waals surface area contributed by atoms with Crippen molar-refractivity contribution < 1.29 is 4.79 Å². The van der Waals surface area contributed by atoms with Crippen LogP contribution in [0.25, 0.3) is 0 Å². The zero-order valence-corrected chi connectivity index (χ0v) is 15.1. The molecule has 2 aromatic heterocycles. The molecule has 0 unspecified atom stereocenters. The SMILES string of the molecule is Cn1ccnc1Sc1ccc(NC(=O)CCCc2cccs2)cc1. The third-order valence-electron chi connectivity index (χ3n) is 3.53. The van der Waals surface area contributed by atoms with Crippen LogP contribution < -0.4 is 5.32 Å². The monoisotopic (exact) mass is 357 g/mol. The van der Waals surface area contributed by atoms with Crippen LogP contribution in [0.15, 0.2) is 64.2 Å². The fourth-order valence-electron chi connectivity index (χ4n) is 2.26. The number of nitrogens with one attached hydrogen (secondary N) is 1. The lowest BCUT2D eigenvalue weighted by molar-refractivity contribution is -0.116. The van der Waals surface area contributed by atoms with Crippen LogP contribution in [0, 0.1) is 0 Å². The molecular weight excluding hydrogens is 338 g/mol. The molecule has 0 saturated carbocycles. The quantitative estimate of drug-likeness (QED) is 0.672. The van der Waals surface area contributed by atoms with Gasteiger partial charge in [-0.25, -0.2) is 4.98 Å². The zero-order chi connectivity index (χ0) is 16.8. The van der Waals surface area contributed by atoms with Crippen LogP contribution >= 0.6 is 23.1 Å². The Bertz CT molecular complexity index is 779. The van der Waals surface area contributed by atoms with E-state index in [1.54, 1.807) is 29.3 Å². The van der Waals surface area contributed by atoms with E-state index in [9.17, 15) is 4.79 Å². The summed E-state index contributed by atoms with van der Waals surface area (Å²) in [6.07, 6.45) is 6.09. The van der Waals surface area contributed by atoms with E-state index in [0.717, 1.165) is 28.6 Å². The van der Waals surface area contributed by atoms with Crippen molar-refractivity contribution in [1.29, 1.82) is 0 Å². The highest BCUT2D eigenvalue weighted by Gasteiger charge is 2.05. The van der Waals surface area contributed by atoms with Crippen molar-refractivity contribution in [3.05, 3.63) is 59.0 Å². The Kier molecular flexibility index (Phi) is 5.72. The van der Waals surface area contributed by atoms with E-state index in [4.69, 9.17) is 0 Å². The summed E-state index contributed by atoms with van der Waals surface area (Å²) >= 11 is 3.34. The second-order valence-electron chi connectivity index (χ2n) is 5.43. The summed E-state index contributed by atoms with van der Waals surface area (Å²) in [5.41, 5.74) is 0.834. The molecule has 0 radical (unpaired) electrons. The van der Waals surface area contributed by atoms with E-state index in [-0.39, 0.29) is 5.91 Å². The highest BCUT2D eigenvalue weighted by Crippen LogP contribution is 2.26. The maximum Gasteiger partial charge on any atom is 0.224 e. The minimum atomic E-state index is 0.0658. The van der Waals surface area contributed by atoms with Crippen molar-refractivity contribution in [2.24, 2.45) is 7.05 Å². The van der Waals surface area contributed by atoms with E-state index < -0.39 is 0 Å². The predicted molar refractivity (Wildman–Crippen MR) is 99.7 cm³/mol. The van der Waals surface area contributed by atoms with Crippen molar-refractivity contribution in [3.8, 4) is 0 Å². The molecule has 6 heteroatoms. The zero-order valence-electron chi connectivity index (χ0n) is 13.4. The number of amides is 1. The Morgan fingerprint density at radius 2 is 2.12 bits per heavy atom. The molecule has 24 heavy (non-hydrogen) atoms. The normalized spacial score (nSPS) is 10.7. The van der Waals surface area contributed by atoms with Gasteiger partial charge in [0.2, 0.25) is 5.91 Å². The first-order valence-electron chi connectivity index (χ1n) is 7.78. The van der Waals surface area contributed by atoms with Crippen molar-refractivity contribution >= 4 is 34.7 Å². The van der Waals surface area contributed by atoms with Crippen LogP contribution in [-0.4, -0.2) is 15.5 Å². The summed E-state index contributed by atoms with van der Waals surface area (Å²) in [6, 6.07) is 12.0. The number of rotatable bonds is 7. The molecule has 0 spiro atoms. The molecular formula is C18H19N3OS2. The Hall–Kier alpha value is -2.05. The number of imidazole rings is 1. The molecule has 3 rings (SSSR count). The van der Waals surface area contributed by atoms with Gasteiger partial charge in [0.25, 0.3) is 0 Å². The molecule has 124 valence electrons. The van der Waals surface area contributed by atoms with Gasteiger partial charge in [0.1, 0.15) is 0 Å². The number of nitrogens with zero attached hydrogens (tertiary/aromatic N) is 2. The summed E-state index contributed by atoms with van der Waals surface area (Å²) < 4.78 is 1.98. The lowest BCUT2D eigenvalue weighted by Crippen LogP contribution is -2.11. The number of thiophene rings is 1. The highest BCUT2D eigenvalue weighted by atomic mass is 32.2. The second-order valence-corrected chi connectivity index (χ2v) is 7.50. The van der Waals surface area contributed by atoms with Crippen molar-refractivity contribution in [2.45, 2.75) is 29.3 Å². The molecule has 1 amide bonds. The van der Waals surface area contributed by atoms with E-state index in [1.165, 1.54) is 4.88 Å². The van der Waals surface area contributed by atoms with Gasteiger partial charge in [-0.1, -0.05) is 17.8 Å². The van der Waals surface area contributed by atoms with Crippen molar-refractivity contribution in [1.82, 2.24) is 9.55 Å². The average Bonchev–Trinajstić information content (AvgIpc) is 3.22. The average molecular weight is 358 g/mol. The first-order valence-corrected chi connectivity index (χ1v) is 9.48. The molecule has 0 atom stereocenters. The molecule has 2 heterocycles.